The molecule has 0 unspecified atom stereocenters. The van der Waals surface area contributed by atoms with Gasteiger partial charge >= 0.3 is 0 Å². The van der Waals surface area contributed by atoms with E-state index in [-0.39, 0.29) is 33.8 Å². The van der Waals surface area contributed by atoms with E-state index in [1.165, 1.54) is 34.9 Å². The third kappa shape index (κ3) is 1.90. The molecule has 0 aliphatic carbocycles. The number of fused-ring (bicyclic) bond motifs is 1. The number of pyridine rings is 1. The largest absolute Gasteiger partial charge is 0.508 e. The first-order chi connectivity index (χ1) is 10.0. The third-order valence-electron chi connectivity index (χ3n) is 3.53. The first kappa shape index (κ1) is 13.1. The highest BCUT2D eigenvalue weighted by molar-refractivity contribution is 5.96. The maximum absolute atomic E-state index is 12.5. The highest BCUT2D eigenvalue weighted by Gasteiger charge is 2.18. The van der Waals surface area contributed by atoms with Gasteiger partial charge in [-0.05, 0) is 29.8 Å². The topological polar surface area (TPSA) is 82.7 Å². The fourth-order valence-electron chi connectivity index (χ4n) is 2.44. The van der Waals surface area contributed by atoms with Crippen molar-refractivity contribution in [2.75, 3.05) is 0 Å². The number of nitrogens with zero attached hydrogens (tertiary/aromatic N) is 1. The summed E-state index contributed by atoms with van der Waals surface area (Å²) in [5.41, 5.74) is 0.624. The van der Waals surface area contributed by atoms with Crippen LogP contribution in [0.4, 0.5) is 0 Å². The van der Waals surface area contributed by atoms with Crippen LogP contribution in [0.1, 0.15) is 0 Å². The van der Waals surface area contributed by atoms with Crippen molar-refractivity contribution >= 4 is 10.9 Å². The molecule has 3 rings (SSSR count). The van der Waals surface area contributed by atoms with Crippen LogP contribution in [-0.2, 0) is 7.05 Å². The van der Waals surface area contributed by atoms with Gasteiger partial charge in [-0.2, -0.15) is 0 Å². The summed E-state index contributed by atoms with van der Waals surface area (Å²) in [5, 5.41) is 29.9. The molecule has 0 radical (unpaired) electrons. The minimum absolute atomic E-state index is 0.0682. The zero-order valence-corrected chi connectivity index (χ0v) is 11.2. The number of phenolic OH excluding ortho intramolecular Hbond substituents is 2. The Morgan fingerprint density at radius 2 is 1.62 bits per heavy atom. The van der Waals surface area contributed by atoms with Crippen LogP contribution in [0.2, 0.25) is 0 Å². The highest BCUT2D eigenvalue weighted by atomic mass is 16.3. The molecule has 0 bridgehead atoms. The van der Waals surface area contributed by atoms with Crippen molar-refractivity contribution in [3.8, 4) is 28.4 Å². The van der Waals surface area contributed by atoms with Crippen molar-refractivity contribution in [2.45, 2.75) is 0 Å². The molecule has 0 spiro atoms. The number of rotatable bonds is 1. The summed E-state index contributed by atoms with van der Waals surface area (Å²) in [4.78, 5) is 12.5. The van der Waals surface area contributed by atoms with E-state index in [9.17, 15) is 20.1 Å². The summed E-state index contributed by atoms with van der Waals surface area (Å²) in [6, 6.07) is 10.7. The zero-order valence-electron chi connectivity index (χ0n) is 11.2. The predicted molar refractivity (Wildman–Crippen MR) is 79.6 cm³/mol. The van der Waals surface area contributed by atoms with Crippen molar-refractivity contribution < 1.29 is 15.3 Å². The van der Waals surface area contributed by atoms with Gasteiger partial charge in [0.2, 0.25) is 0 Å². The van der Waals surface area contributed by atoms with Crippen LogP contribution in [0.15, 0.2) is 47.3 Å². The Hall–Kier alpha value is -2.95. The summed E-state index contributed by atoms with van der Waals surface area (Å²) in [7, 11) is 1.58. The summed E-state index contributed by atoms with van der Waals surface area (Å²) in [6.07, 6.45) is 0. The minimum Gasteiger partial charge on any atom is -0.508 e. The Morgan fingerprint density at radius 1 is 0.952 bits per heavy atom. The van der Waals surface area contributed by atoms with Gasteiger partial charge in [0.15, 0.2) is 0 Å². The van der Waals surface area contributed by atoms with Gasteiger partial charge in [0.1, 0.15) is 17.2 Å². The van der Waals surface area contributed by atoms with Gasteiger partial charge in [-0.3, -0.25) is 4.79 Å². The van der Waals surface area contributed by atoms with E-state index < -0.39 is 0 Å². The lowest BCUT2D eigenvalue weighted by atomic mass is 10.0. The molecule has 0 aliphatic heterocycles. The van der Waals surface area contributed by atoms with E-state index in [1.54, 1.807) is 19.2 Å². The second-order valence-corrected chi connectivity index (χ2v) is 4.81. The van der Waals surface area contributed by atoms with Crippen LogP contribution in [0.5, 0.6) is 17.2 Å². The highest BCUT2D eigenvalue weighted by Crippen LogP contribution is 2.37. The summed E-state index contributed by atoms with van der Waals surface area (Å²) in [6.45, 7) is 0. The quantitative estimate of drug-likeness (QED) is 0.640. The van der Waals surface area contributed by atoms with Crippen molar-refractivity contribution in [1.29, 1.82) is 0 Å². The molecule has 0 atom stereocenters. The number of hydrogen-bond acceptors (Lipinski definition) is 4. The van der Waals surface area contributed by atoms with Crippen molar-refractivity contribution in [3.05, 3.63) is 52.8 Å². The molecule has 0 saturated carbocycles. The molecule has 106 valence electrons. The standard InChI is InChI=1S/C16H13NO4/c1-17-11-3-2-4-12(19)14(11)15(20)13(16(17)21)9-5-7-10(18)8-6-9/h2-8,18-20H,1H3. The van der Waals surface area contributed by atoms with Crippen molar-refractivity contribution in [1.82, 2.24) is 4.57 Å². The Kier molecular flexibility index (Phi) is 2.83. The van der Waals surface area contributed by atoms with Gasteiger partial charge in [0, 0.05) is 7.05 Å². The van der Waals surface area contributed by atoms with Crippen molar-refractivity contribution in [2.24, 2.45) is 7.05 Å². The zero-order chi connectivity index (χ0) is 15.1. The smallest absolute Gasteiger partial charge is 0.262 e. The predicted octanol–water partition coefficient (Wildman–Crippen LogP) is 2.32. The van der Waals surface area contributed by atoms with E-state index in [0.717, 1.165) is 0 Å². The van der Waals surface area contributed by atoms with Gasteiger partial charge in [-0.1, -0.05) is 18.2 Å². The fraction of sp³-hybridized carbons (Fsp3) is 0.0625. The Morgan fingerprint density at radius 3 is 2.29 bits per heavy atom. The fourth-order valence-corrected chi connectivity index (χ4v) is 2.44. The summed E-state index contributed by atoms with van der Waals surface area (Å²) < 4.78 is 1.37. The molecular weight excluding hydrogens is 270 g/mol. The maximum atomic E-state index is 12.5. The SMILES string of the molecule is Cn1c(=O)c(-c2ccc(O)cc2)c(O)c2c(O)cccc21. The number of aromatic hydroxyl groups is 3. The van der Waals surface area contributed by atoms with Gasteiger partial charge < -0.3 is 19.9 Å². The lowest BCUT2D eigenvalue weighted by Crippen LogP contribution is -2.19. The molecule has 3 aromatic rings. The summed E-state index contributed by atoms with van der Waals surface area (Å²) in [5.74, 6) is -0.295. The monoisotopic (exact) mass is 283 g/mol. The van der Waals surface area contributed by atoms with Gasteiger partial charge in [-0.25, -0.2) is 0 Å². The number of aromatic nitrogens is 1. The number of aryl methyl sites for hydroxylation is 1. The lowest BCUT2D eigenvalue weighted by Gasteiger charge is -2.13. The van der Waals surface area contributed by atoms with E-state index in [4.69, 9.17) is 0 Å². The Balaban J connectivity index is 2.46. The van der Waals surface area contributed by atoms with E-state index >= 15 is 0 Å². The van der Waals surface area contributed by atoms with Gasteiger partial charge in [0.05, 0.1) is 16.5 Å². The molecule has 0 fully saturated rings. The molecule has 1 aromatic heterocycles. The summed E-state index contributed by atoms with van der Waals surface area (Å²) >= 11 is 0. The number of hydrogen-bond donors (Lipinski definition) is 3. The molecule has 21 heavy (non-hydrogen) atoms. The van der Waals surface area contributed by atoms with Crippen LogP contribution in [0, 0.1) is 0 Å². The average molecular weight is 283 g/mol. The molecule has 1 heterocycles. The first-order valence-electron chi connectivity index (χ1n) is 6.33. The molecule has 5 nitrogen and oxygen atoms in total. The van der Waals surface area contributed by atoms with E-state index in [2.05, 4.69) is 0 Å². The number of benzene rings is 2. The first-order valence-corrected chi connectivity index (χ1v) is 6.33. The second-order valence-electron chi connectivity index (χ2n) is 4.81. The molecule has 0 aliphatic rings. The third-order valence-corrected chi connectivity index (χ3v) is 3.53. The van der Waals surface area contributed by atoms with Crippen LogP contribution in [0.3, 0.4) is 0 Å². The van der Waals surface area contributed by atoms with Gasteiger partial charge in [-0.15, -0.1) is 0 Å². The molecule has 3 N–H and O–H groups in total. The Bertz CT molecular complexity index is 895. The van der Waals surface area contributed by atoms with Crippen LogP contribution in [-0.4, -0.2) is 19.9 Å². The van der Waals surface area contributed by atoms with E-state index in [0.29, 0.717) is 11.1 Å². The van der Waals surface area contributed by atoms with Gasteiger partial charge in [0.25, 0.3) is 5.56 Å². The normalized spacial score (nSPS) is 10.9. The van der Waals surface area contributed by atoms with Crippen molar-refractivity contribution in [3.63, 3.8) is 0 Å². The van der Waals surface area contributed by atoms with Crippen LogP contribution >= 0.6 is 0 Å². The number of phenols is 2. The molecule has 2 aromatic carbocycles. The molecule has 0 amide bonds. The molecular formula is C16H13NO4. The average Bonchev–Trinajstić information content (AvgIpc) is 2.47. The van der Waals surface area contributed by atoms with Crippen LogP contribution in [0.25, 0.3) is 22.0 Å². The molecule has 5 heteroatoms. The van der Waals surface area contributed by atoms with E-state index in [1.807, 2.05) is 0 Å². The van der Waals surface area contributed by atoms with Crippen LogP contribution < -0.4 is 5.56 Å². The minimum atomic E-state index is -0.378. The lowest BCUT2D eigenvalue weighted by molar-refractivity contribution is 0.463. The maximum Gasteiger partial charge on any atom is 0.262 e. The molecule has 0 saturated heterocycles. The Labute approximate surface area is 120 Å². The second kappa shape index (κ2) is 4.56.